The fourth-order valence-electron chi connectivity index (χ4n) is 4.60. The van der Waals surface area contributed by atoms with Crippen LogP contribution in [0.25, 0.3) is 0 Å². The van der Waals surface area contributed by atoms with Crippen LogP contribution in [-0.4, -0.2) is 36.1 Å². The number of nitrogens with zero attached hydrogens (tertiary/aromatic N) is 1. The van der Waals surface area contributed by atoms with Gasteiger partial charge in [0.05, 0.1) is 7.11 Å². The summed E-state index contributed by atoms with van der Waals surface area (Å²) in [7, 11) is 1.41. The van der Waals surface area contributed by atoms with Crippen molar-refractivity contribution >= 4 is 5.91 Å². The van der Waals surface area contributed by atoms with Gasteiger partial charge in [-0.1, -0.05) is 13.8 Å². The number of carbonyl (C=O) groups is 1. The first-order valence-electron chi connectivity index (χ1n) is 10.4. The van der Waals surface area contributed by atoms with E-state index in [0.717, 1.165) is 24.1 Å². The molecule has 1 fully saturated rings. The zero-order valence-electron chi connectivity index (χ0n) is 18.2. The summed E-state index contributed by atoms with van der Waals surface area (Å²) in [4.78, 5) is 15.0. The molecule has 2 aromatic rings. The van der Waals surface area contributed by atoms with Crippen LogP contribution >= 0.6 is 0 Å². The molecule has 1 aliphatic heterocycles. The third kappa shape index (κ3) is 4.97. The third-order valence-electron chi connectivity index (χ3n) is 5.84. The van der Waals surface area contributed by atoms with Gasteiger partial charge < -0.3 is 14.7 Å². The van der Waals surface area contributed by atoms with E-state index in [-0.39, 0.29) is 29.2 Å². The number of likely N-dealkylation sites (tertiary alicyclic amines) is 1. The van der Waals surface area contributed by atoms with E-state index in [2.05, 4.69) is 13.8 Å². The predicted octanol–water partition coefficient (Wildman–Crippen LogP) is 5.15. The minimum atomic E-state index is -1.58. The molecule has 0 spiro atoms. The van der Waals surface area contributed by atoms with Gasteiger partial charge in [0, 0.05) is 31.0 Å². The maximum absolute atomic E-state index is 14.1. The van der Waals surface area contributed by atoms with Crippen LogP contribution in [0.1, 0.15) is 49.3 Å². The largest absolute Gasteiger partial charge is 0.507 e. The number of hydrogen-bond acceptors (Lipinski definition) is 3. The Bertz CT molecular complexity index is 946. The minimum absolute atomic E-state index is 0.0558. The summed E-state index contributed by atoms with van der Waals surface area (Å²) in [6.45, 7) is 7.11. The predicted molar refractivity (Wildman–Crippen MR) is 112 cm³/mol. The van der Waals surface area contributed by atoms with Gasteiger partial charge in [-0.15, -0.1) is 0 Å². The van der Waals surface area contributed by atoms with E-state index in [4.69, 9.17) is 4.74 Å². The summed E-state index contributed by atoms with van der Waals surface area (Å²) in [5, 5.41) is 10.7. The number of halogens is 3. The first kappa shape index (κ1) is 23.0. The zero-order chi connectivity index (χ0) is 22.9. The fourth-order valence-corrected chi connectivity index (χ4v) is 4.60. The number of hydrogen-bond donors (Lipinski definition) is 1. The van der Waals surface area contributed by atoms with Crippen LogP contribution in [-0.2, 0) is 4.79 Å². The lowest BCUT2D eigenvalue weighted by atomic mass is 9.85. The molecule has 3 atom stereocenters. The van der Waals surface area contributed by atoms with Crippen LogP contribution in [0, 0.1) is 36.2 Å². The first-order valence-corrected chi connectivity index (χ1v) is 10.4. The fraction of sp³-hybridized carbons (Fsp3) is 0.458. The van der Waals surface area contributed by atoms with E-state index in [1.165, 1.54) is 13.2 Å². The summed E-state index contributed by atoms with van der Waals surface area (Å²) in [6, 6.07) is 4.91. The highest BCUT2D eigenvalue weighted by atomic mass is 19.2. The van der Waals surface area contributed by atoms with E-state index in [0.29, 0.717) is 30.7 Å². The maximum Gasteiger partial charge on any atom is 0.223 e. The van der Waals surface area contributed by atoms with Crippen molar-refractivity contribution in [2.75, 3.05) is 20.2 Å². The number of aromatic hydroxyl groups is 1. The molecule has 3 rings (SSSR count). The average Bonchev–Trinajstić information content (AvgIpc) is 2.68. The molecule has 1 amide bonds. The summed E-state index contributed by atoms with van der Waals surface area (Å²) in [5.74, 6) is -4.57. The van der Waals surface area contributed by atoms with Gasteiger partial charge in [0.15, 0.2) is 17.5 Å². The lowest BCUT2D eigenvalue weighted by Crippen LogP contribution is -2.43. The molecule has 1 aliphatic rings. The summed E-state index contributed by atoms with van der Waals surface area (Å²) in [5.41, 5.74) is 1.02. The number of methoxy groups -OCH3 is 1. The number of ether oxygens (including phenoxy) is 1. The van der Waals surface area contributed by atoms with Crippen LogP contribution < -0.4 is 4.74 Å². The Balaban J connectivity index is 2.07. The van der Waals surface area contributed by atoms with Crippen molar-refractivity contribution in [1.29, 1.82) is 0 Å². The number of phenols is 1. The van der Waals surface area contributed by atoms with Crippen LogP contribution in [0.2, 0.25) is 0 Å². The number of carbonyl (C=O) groups excluding carboxylic acids is 1. The van der Waals surface area contributed by atoms with Crippen molar-refractivity contribution < 1.29 is 27.8 Å². The second-order valence-corrected chi connectivity index (χ2v) is 8.70. The molecule has 1 N–H and O–H groups in total. The van der Waals surface area contributed by atoms with E-state index in [1.54, 1.807) is 17.9 Å². The van der Waals surface area contributed by atoms with Gasteiger partial charge in [-0.3, -0.25) is 4.79 Å². The Morgan fingerprint density at radius 2 is 1.71 bits per heavy atom. The molecule has 168 valence electrons. The number of rotatable bonds is 5. The van der Waals surface area contributed by atoms with Crippen LogP contribution in [0.3, 0.4) is 0 Å². The zero-order valence-corrected chi connectivity index (χ0v) is 18.2. The smallest absolute Gasteiger partial charge is 0.223 e. The number of benzene rings is 2. The highest BCUT2D eigenvalue weighted by Crippen LogP contribution is 2.42. The van der Waals surface area contributed by atoms with Gasteiger partial charge in [0.25, 0.3) is 0 Å². The van der Waals surface area contributed by atoms with Crippen molar-refractivity contribution in [2.45, 2.75) is 39.5 Å². The summed E-state index contributed by atoms with van der Waals surface area (Å²) >= 11 is 0. The lowest BCUT2D eigenvalue weighted by molar-refractivity contribution is -0.134. The molecule has 2 aromatic carbocycles. The summed E-state index contributed by atoms with van der Waals surface area (Å²) < 4.78 is 47.1. The van der Waals surface area contributed by atoms with Crippen molar-refractivity contribution in [1.82, 2.24) is 4.90 Å². The molecule has 4 nitrogen and oxygen atoms in total. The molecule has 0 aliphatic carbocycles. The Hall–Kier alpha value is -2.70. The van der Waals surface area contributed by atoms with Gasteiger partial charge in [-0.25, -0.2) is 13.2 Å². The molecule has 31 heavy (non-hydrogen) atoms. The number of phenolic OH excluding ortho intramolecular Hbond substituents is 1. The SMILES string of the molecule is COc1cc(C)cc(O)c1C(CC(=O)N1CC(C)CC(C)C1)c1cc(F)c(F)c(F)c1. The monoisotopic (exact) mass is 435 g/mol. The van der Waals surface area contributed by atoms with Gasteiger partial charge in [-0.2, -0.15) is 0 Å². The maximum atomic E-state index is 14.1. The normalized spacial score (nSPS) is 19.9. The van der Waals surface area contributed by atoms with Gasteiger partial charge in [0.2, 0.25) is 5.91 Å². The minimum Gasteiger partial charge on any atom is -0.507 e. The van der Waals surface area contributed by atoms with Crippen molar-refractivity contribution in [3.05, 3.63) is 58.4 Å². The highest BCUT2D eigenvalue weighted by Gasteiger charge is 2.31. The van der Waals surface area contributed by atoms with Gasteiger partial charge in [-0.05, 0) is 60.6 Å². The molecule has 1 saturated heterocycles. The third-order valence-corrected chi connectivity index (χ3v) is 5.84. The molecule has 3 unspecified atom stereocenters. The molecule has 0 aromatic heterocycles. The molecular formula is C24H28F3NO3. The van der Waals surface area contributed by atoms with Gasteiger partial charge >= 0.3 is 0 Å². The first-order chi connectivity index (χ1) is 14.6. The Morgan fingerprint density at radius 1 is 1.13 bits per heavy atom. The van der Waals surface area contributed by atoms with E-state index >= 15 is 0 Å². The lowest BCUT2D eigenvalue weighted by Gasteiger charge is -2.36. The van der Waals surface area contributed by atoms with E-state index < -0.39 is 23.4 Å². The van der Waals surface area contributed by atoms with E-state index in [9.17, 15) is 23.1 Å². The highest BCUT2D eigenvalue weighted by molar-refractivity contribution is 5.78. The number of amides is 1. The van der Waals surface area contributed by atoms with Gasteiger partial charge in [0.1, 0.15) is 11.5 Å². The van der Waals surface area contributed by atoms with Crippen molar-refractivity contribution in [2.24, 2.45) is 11.8 Å². The number of piperidine rings is 1. The topological polar surface area (TPSA) is 49.8 Å². The summed E-state index contributed by atoms with van der Waals surface area (Å²) in [6.07, 6.45) is 0.880. The van der Waals surface area contributed by atoms with Crippen LogP contribution in [0.5, 0.6) is 11.5 Å². The van der Waals surface area contributed by atoms with Crippen LogP contribution in [0.15, 0.2) is 24.3 Å². The second-order valence-electron chi connectivity index (χ2n) is 8.70. The average molecular weight is 435 g/mol. The van der Waals surface area contributed by atoms with Crippen LogP contribution in [0.4, 0.5) is 13.2 Å². The number of aryl methyl sites for hydroxylation is 1. The molecule has 0 saturated carbocycles. The Kier molecular flexibility index (Phi) is 6.82. The quantitative estimate of drug-likeness (QED) is 0.661. The standard InChI is InChI=1S/C24H28F3NO3/c1-13-6-20(29)23(21(7-13)31-4)17(16-8-18(25)24(27)19(26)9-16)10-22(30)28-11-14(2)5-15(3)12-28/h6-9,14-15,17,29H,5,10-12H2,1-4H3. The second kappa shape index (κ2) is 9.20. The molecular weight excluding hydrogens is 407 g/mol. The molecule has 7 heteroatoms. The Morgan fingerprint density at radius 3 is 2.26 bits per heavy atom. The molecule has 0 radical (unpaired) electrons. The molecule has 1 heterocycles. The van der Waals surface area contributed by atoms with Crippen molar-refractivity contribution in [3.8, 4) is 11.5 Å². The van der Waals surface area contributed by atoms with E-state index in [1.807, 2.05) is 0 Å². The van der Waals surface area contributed by atoms with Crippen molar-refractivity contribution in [3.63, 3.8) is 0 Å². The Labute approximate surface area is 180 Å². The molecule has 0 bridgehead atoms.